The van der Waals surface area contributed by atoms with E-state index in [1.165, 1.54) is 0 Å². The summed E-state index contributed by atoms with van der Waals surface area (Å²) in [7, 11) is 3.94. The van der Waals surface area contributed by atoms with Gasteiger partial charge >= 0.3 is 0 Å². The second-order valence-electron chi connectivity index (χ2n) is 8.88. The number of amides is 2. The lowest BCUT2D eigenvalue weighted by atomic mass is 10.0. The van der Waals surface area contributed by atoms with Crippen LogP contribution in [0.1, 0.15) is 48.3 Å². The van der Waals surface area contributed by atoms with E-state index in [1.54, 1.807) is 24.3 Å². The van der Waals surface area contributed by atoms with Gasteiger partial charge in [-0.15, -0.1) is 0 Å². The van der Waals surface area contributed by atoms with E-state index in [0.29, 0.717) is 22.8 Å². The van der Waals surface area contributed by atoms with Crippen LogP contribution < -0.4 is 10.2 Å². The van der Waals surface area contributed by atoms with E-state index in [4.69, 9.17) is 11.6 Å². The fourth-order valence-electron chi connectivity index (χ4n) is 3.90. The van der Waals surface area contributed by atoms with E-state index in [2.05, 4.69) is 5.32 Å². The van der Waals surface area contributed by atoms with Crippen LogP contribution in [-0.2, 0) is 11.3 Å². The van der Waals surface area contributed by atoms with Crippen LogP contribution in [0.5, 0.6) is 0 Å². The highest BCUT2D eigenvalue weighted by atomic mass is 35.5. The summed E-state index contributed by atoms with van der Waals surface area (Å²) in [6.45, 7) is 6.30. The summed E-state index contributed by atoms with van der Waals surface area (Å²) in [6.07, 6.45) is 0. The summed E-state index contributed by atoms with van der Waals surface area (Å²) in [5.74, 6) is -0.342. The highest BCUT2D eigenvalue weighted by Gasteiger charge is 2.25. The zero-order valence-corrected chi connectivity index (χ0v) is 21.1. The minimum Gasteiger partial charge on any atom is -0.377 e. The summed E-state index contributed by atoms with van der Waals surface area (Å²) in [5, 5.41) is 3.35. The number of hydrogen-bond acceptors (Lipinski definition) is 3. The second-order valence-corrected chi connectivity index (χ2v) is 9.29. The molecule has 2 amide bonds. The zero-order chi connectivity index (χ0) is 24.8. The number of nitrogens with zero attached hydrogens (tertiary/aromatic N) is 2. The van der Waals surface area contributed by atoms with Gasteiger partial charge in [0.05, 0.1) is 16.6 Å². The Balaban J connectivity index is 1.95. The van der Waals surface area contributed by atoms with Crippen molar-refractivity contribution >= 4 is 34.8 Å². The maximum atomic E-state index is 13.3. The van der Waals surface area contributed by atoms with E-state index in [0.717, 1.165) is 16.8 Å². The molecule has 6 heteroatoms. The molecule has 3 rings (SSSR count). The predicted molar refractivity (Wildman–Crippen MR) is 140 cm³/mol. The predicted octanol–water partition coefficient (Wildman–Crippen LogP) is 6.40. The van der Waals surface area contributed by atoms with Crippen molar-refractivity contribution in [1.82, 2.24) is 4.90 Å². The first-order valence-corrected chi connectivity index (χ1v) is 11.8. The van der Waals surface area contributed by atoms with Crippen molar-refractivity contribution in [3.05, 3.63) is 94.5 Å². The molecule has 178 valence electrons. The van der Waals surface area contributed by atoms with Crippen molar-refractivity contribution < 1.29 is 9.59 Å². The third-order valence-corrected chi connectivity index (χ3v) is 6.13. The van der Waals surface area contributed by atoms with Crippen LogP contribution in [0.25, 0.3) is 0 Å². The van der Waals surface area contributed by atoms with E-state index in [1.807, 2.05) is 93.2 Å². The van der Waals surface area contributed by atoms with Crippen LogP contribution in [0, 0.1) is 5.92 Å². The molecule has 0 bridgehead atoms. The number of halogens is 1. The molecule has 0 unspecified atom stereocenters. The molecule has 1 N–H and O–H groups in total. The molecule has 0 aliphatic rings. The lowest BCUT2D eigenvalue weighted by Crippen LogP contribution is -2.36. The van der Waals surface area contributed by atoms with Gasteiger partial charge < -0.3 is 15.1 Å². The third-order valence-electron chi connectivity index (χ3n) is 5.80. The molecule has 3 aromatic carbocycles. The first-order chi connectivity index (χ1) is 16.2. The van der Waals surface area contributed by atoms with Crippen molar-refractivity contribution in [2.45, 2.75) is 33.4 Å². The fraction of sp³-hybridized carbons (Fsp3) is 0.286. The quantitative estimate of drug-likeness (QED) is 0.408. The molecule has 5 nitrogen and oxygen atoms in total. The van der Waals surface area contributed by atoms with Crippen molar-refractivity contribution in [3.63, 3.8) is 0 Å². The first-order valence-electron chi connectivity index (χ1n) is 11.4. The number of nitrogens with one attached hydrogen (secondary N) is 1. The van der Waals surface area contributed by atoms with E-state index >= 15 is 0 Å². The van der Waals surface area contributed by atoms with Crippen LogP contribution in [0.2, 0.25) is 5.02 Å². The molecule has 0 saturated carbocycles. The number of benzene rings is 3. The molecule has 34 heavy (non-hydrogen) atoms. The SMILES string of the molecule is CC(C)C(=O)N(Cc1cc(NC(=O)c2ccccc2Cl)ccc1N(C)C)[C@@H](C)c1ccccc1. The monoisotopic (exact) mass is 477 g/mol. The molecule has 0 aromatic heterocycles. The Bertz CT molecular complexity index is 1150. The number of carbonyl (C=O) groups is 2. The molecule has 1 atom stereocenters. The normalized spacial score (nSPS) is 11.7. The van der Waals surface area contributed by atoms with Gasteiger partial charge in [0.15, 0.2) is 0 Å². The zero-order valence-electron chi connectivity index (χ0n) is 20.4. The van der Waals surface area contributed by atoms with Crippen molar-refractivity contribution in [2.75, 3.05) is 24.3 Å². The number of hydrogen-bond donors (Lipinski definition) is 1. The number of carbonyl (C=O) groups excluding carboxylic acids is 2. The largest absolute Gasteiger partial charge is 0.377 e. The van der Waals surface area contributed by atoms with Gasteiger partial charge in [-0.05, 0) is 48.4 Å². The van der Waals surface area contributed by atoms with Crippen molar-refractivity contribution in [1.29, 1.82) is 0 Å². The van der Waals surface area contributed by atoms with E-state index < -0.39 is 0 Å². The molecular formula is C28H32ClN3O2. The van der Waals surface area contributed by atoms with Crippen molar-refractivity contribution in [2.24, 2.45) is 5.92 Å². The Labute approximate surface area is 207 Å². The number of anilines is 2. The van der Waals surface area contributed by atoms with Gasteiger partial charge in [0.2, 0.25) is 5.91 Å². The molecule has 0 spiro atoms. The Morgan fingerprint density at radius 1 is 0.912 bits per heavy atom. The van der Waals surface area contributed by atoms with Crippen LogP contribution in [-0.4, -0.2) is 30.8 Å². The smallest absolute Gasteiger partial charge is 0.257 e. The maximum Gasteiger partial charge on any atom is 0.257 e. The summed E-state index contributed by atoms with van der Waals surface area (Å²) < 4.78 is 0. The Morgan fingerprint density at radius 2 is 1.56 bits per heavy atom. The third kappa shape index (κ3) is 5.97. The molecule has 0 aliphatic carbocycles. The Hall–Kier alpha value is -3.31. The van der Waals surface area contributed by atoms with Gasteiger partial charge in [0.25, 0.3) is 5.91 Å². The van der Waals surface area contributed by atoms with Gasteiger partial charge in [-0.2, -0.15) is 0 Å². The molecule has 0 aliphatic heterocycles. The molecule has 0 saturated heterocycles. The van der Waals surface area contributed by atoms with Gasteiger partial charge in [0.1, 0.15) is 0 Å². The van der Waals surface area contributed by atoms with Crippen LogP contribution in [0.4, 0.5) is 11.4 Å². The van der Waals surface area contributed by atoms with E-state index in [9.17, 15) is 9.59 Å². The van der Waals surface area contributed by atoms with E-state index in [-0.39, 0.29) is 23.8 Å². The second kappa shape index (κ2) is 11.2. The summed E-state index contributed by atoms with van der Waals surface area (Å²) in [6, 6.07) is 22.6. The fourth-order valence-corrected chi connectivity index (χ4v) is 4.12. The Morgan fingerprint density at radius 3 is 2.18 bits per heavy atom. The van der Waals surface area contributed by atoms with Gasteiger partial charge in [-0.3, -0.25) is 9.59 Å². The summed E-state index contributed by atoms with van der Waals surface area (Å²) in [5.41, 5.74) is 4.06. The minimum atomic E-state index is -0.276. The standard InChI is InChI=1S/C28H32ClN3O2/c1-19(2)28(34)32(20(3)21-11-7-6-8-12-21)18-22-17-23(15-16-26(22)31(4)5)30-27(33)24-13-9-10-14-25(24)29/h6-17,19-20H,18H2,1-5H3,(H,30,33)/t20-/m0/s1. The summed E-state index contributed by atoms with van der Waals surface area (Å²) in [4.78, 5) is 30.0. The van der Waals surface area contributed by atoms with Crippen LogP contribution >= 0.6 is 11.6 Å². The molecule has 0 heterocycles. The van der Waals surface area contributed by atoms with Crippen LogP contribution in [0.3, 0.4) is 0 Å². The van der Waals surface area contributed by atoms with Gasteiger partial charge in [-0.25, -0.2) is 0 Å². The number of rotatable bonds is 8. The van der Waals surface area contributed by atoms with Gasteiger partial charge in [0, 0.05) is 37.9 Å². The molecule has 0 fully saturated rings. The molecular weight excluding hydrogens is 446 g/mol. The lowest BCUT2D eigenvalue weighted by Gasteiger charge is -2.33. The lowest BCUT2D eigenvalue weighted by molar-refractivity contribution is -0.137. The summed E-state index contributed by atoms with van der Waals surface area (Å²) >= 11 is 6.20. The molecule has 0 radical (unpaired) electrons. The maximum absolute atomic E-state index is 13.3. The van der Waals surface area contributed by atoms with Crippen LogP contribution in [0.15, 0.2) is 72.8 Å². The highest BCUT2D eigenvalue weighted by molar-refractivity contribution is 6.34. The van der Waals surface area contributed by atoms with Gasteiger partial charge in [-0.1, -0.05) is 67.9 Å². The average Bonchev–Trinajstić information content (AvgIpc) is 2.82. The Kier molecular flexibility index (Phi) is 8.35. The first kappa shape index (κ1) is 25.3. The highest BCUT2D eigenvalue weighted by Crippen LogP contribution is 2.30. The molecule has 3 aromatic rings. The van der Waals surface area contributed by atoms with Crippen molar-refractivity contribution in [3.8, 4) is 0 Å². The average molecular weight is 478 g/mol. The topological polar surface area (TPSA) is 52.7 Å². The minimum absolute atomic E-state index is 0.0755.